The van der Waals surface area contributed by atoms with Crippen molar-refractivity contribution in [2.24, 2.45) is 0 Å². The van der Waals surface area contributed by atoms with Crippen molar-refractivity contribution in [3.63, 3.8) is 0 Å². The SMILES string of the molecule is C[Si](C)(C)C1=CCC(Cl)=C1CC1=C(Cl)CC=C1[Si](C)(C)C. The van der Waals surface area contributed by atoms with E-state index < -0.39 is 16.1 Å². The molecule has 0 fully saturated rings. The summed E-state index contributed by atoms with van der Waals surface area (Å²) in [5, 5.41) is 5.13. The Kier molecular flexibility index (Phi) is 4.85. The normalized spacial score (nSPS) is 20.4. The standard InChI is InChI=1S/C17H26Cl2Si2/c1-20(2,3)16-9-7-14(18)12(16)11-13-15(19)8-10-17(13)21(4,5)6/h9-10H,7-8,11H2,1-6H3. The van der Waals surface area contributed by atoms with Gasteiger partial charge >= 0.3 is 0 Å². The van der Waals surface area contributed by atoms with E-state index >= 15 is 0 Å². The lowest BCUT2D eigenvalue weighted by molar-refractivity contribution is 1.16. The van der Waals surface area contributed by atoms with E-state index in [0.717, 1.165) is 29.3 Å². The van der Waals surface area contributed by atoms with Gasteiger partial charge in [0.05, 0.1) is 16.1 Å². The maximum absolute atomic E-state index is 6.54. The van der Waals surface area contributed by atoms with Gasteiger partial charge in [0.1, 0.15) is 0 Å². The van der Waals surface area contributed by atoms with Crippen molar-refractivity contribution in [2.75, 3.05) is 0 Å². The first kappa shape index (κ1) is 17.3. The van der Waals surface area contributed by atoms with Crippen LogP contribution in [-0.4, -0.2) is 16.1 Å². The minimum Gasteiger partial charge on any atom is -0.0885 e. The molecule has 2 aliphatic carbocycles. The van der Waals surface area contributed by atoms with Crippen molar-refractivity contribution >= 4 is 39.3 Å². The molecule has 0 heterocycles. The van der Waals surface area contributed by atoms with Gasteiger partial charge in [0, 0.05) is 22.9 Å². The lowest BCUT2D eigenvalue weighted by Crippen LogP contribution is -2.27. The van der Waals surface area contributed by atoms with E-state index in [2.05, 4.69) is 51.4 Å². The van der Waals surface area contributed by atoms with Crippen molar-refractivity contribution in [3.8, 4) is 0 Å². The second-order valence-electron chi connectivity index (χ2n) is 8.09. The first-order chi connectivity index (χ1) is 9.51. The van der Waals surface area contributed by atoms with Gasteiger partial charge in [-0.2, -0.15) is 0 Å². The van der Waals surface area contributed by atoms with Gasteiger partial charge in [-0.3, -0.25) is 0 Å². The zero-order chi connectivity index (χ0) is 16.0. The molecule has 0 radical (unpaired) electrons. The Labute approximate surface area is 141 Å². The average molecular weight is 357 g/mol. The van der Waals surface area contributed by atoms with Crippen molar-refractivity contribution in [2.45, 2.75) is 58.5 Å². The molecule has 0 N–H and O–H groups in total. The molecule has 0 aliphatic heterocycles. The van der Waals surface area contributed by atoms with E-state index in [9.17, 15) is 0 Å². The van der Waals surface area contributed by atoms with Crippen LogP contribution in [0.2, 0.25) is 39.3 Å². The zero-order valence-electron chi connectivity index (χ0n) is 14.0. The predicted molar refractivity (Wildman–Crippen MR) is 102 cm³/mol. The molecule has 0 amide bonds. The minimum absolute atomic E-state index is 0.910. The molecule has 0 aromatic carbocycles. The van der Waals surface area contributed by atoms with E-state index in [-0.39, 0.29) is 0 Å². The van der Waals surface area contributed by atoms with Gasteiger partial charge in [-0.1, -0.05) is 85.0 Å². The van der Waals surface area contributed by atoms with Crippen LogP contribution in [0.25, 0.3) is 0 Å². The molecular weight excluding hydrogens is 331 g/mol. The van der Waals surface area contributed by atoms with E-state index in [1.54, 1.807) is 0 Å². The summed E-state index contributed by atoms with van der Waals surface area (Å²) < 4.78 is 0. The highest BCUT2D eigenvalue weighted by Crippen LogP contribution is 2.44. The second kappa shape index (κ2) is 5.88. The molecule has 0 saturated carbocycles. The highest BCUT2D eigenvalue weighted by Gasteiger charge is 2.32. The van der Waals surface area contributed by atoms with E-state index in [0.29, 0.717) is 0 Å². The third-order valence-corrected chi connectivity index (χ3v) is 9.25. The Morgan fingerprint density at radius 1 is 0.762 bits per heavy atom. The fourth-order valence-corrected chi connectivity index (χ4v) is 7.61. The third-order valence-electron chi connectivity index (χ3n) is 4.25. The Balaban J connectivity index is 2.34. The smallest absolute Gasteiger partial charge is 0.0776 e. The van der Waals surface area contributed by atoms with Gasteiger partial charge in [-0.05, 0) is 17.6 Å². The van der Waals surface area contributed by atoms with Crippen LogP contribution in [0.1, 0.15) is 19.3 Å². The van der Waals surface area contributed by atoms with E-state index in [1.807, 2.05) is 0 Å². The summed E-state index contributed by atoms with van der Waals surface area (Å²) in [6.45, 7) is 14.4. The monoisotopic (exact) mass is 356 g/mol. The molecule has 0 unspecified atom stereocenters. The molecule has 0 nitrogen and oxygen atoms in total. The number of rotatable bonds is 4. The molecule has 116 valence electrons. The summed E-state index contributed by atoms with van der Waals surface area (Å²) in [6, 6.07) is 0. The third kappa shape index (κ3) is 3.66. The number of allylic oxidation sites excluding steroid dienone is 8. The first-order valence-electron chi connectivity index (χ1n) is 7.69. The molecule has 2 aliphatic rings. The van der Waals surface area contributed by atoms with Crippen LogP contribution < -0.4 is 0 Å². The summed E-state index contributed by atoms with van der Waals surface area (Å²) in [5.41, 5.74) is 2.74. The summed E-state index contributed by atoms with van der Waals surface area (Å²) in [5.74, 6) is 0. The number of hydrogen-bond acceptors (Lipinski definition) is 0. The van der Waals surface area contributed by atoms with Gasteiger partial charge in [-0.25, -0.2) is 0 Å². The second-order valence-corrected chi connectivity index (χ2v) is 19.1. The first-order valence-corrected chi connectivity index (χ1v) is 15.4. The van der Waals surface area contributed by atoms with Crippen molar-refractivity contribution in [1.82, 2.24) is 0 Å². The van der Waals surface area contributed by atoms with Crippen LogP contribution in [0.4, 0.5) is 0 Å². The molecule has 2 rings (SSSR count). The zero-order valence-corrected chi connectivity index (χ0v) is 17.5. The molecule has 0 bridgehead atoms. The Bertz CT molecular complexity index is 527. The van der Waals surface area contributed by atoms with E-state index in [1.165, 1.54) is 21.5 Å². The molecular formula is C17H26Cl2Si2. The summed E-state index contributed by atoms with van der Waals surface area (Å²) in [4.78, 5) is 0. The summed E-state index contributed by atoms with van der Waals surface area (Å²) in [7, 11) is -2.69. The summed E-state index contributed by atoms with van der Waals surface area (Å²) >= 11 is 13.1. The topological polar surface area (TPSA) is 0 Å². The van der Waals surface area contributed by atoms with Crippen LogP contribution in [-0.2, 0) is 0 Å². The lowest BCUT2D eigenvalue weighted by Gasteiger charge is -2.26. The molecule has 0 spiro atoms. The average Bonchev–Trinajstić information content (AvgIpc) is 2.84. The quantitative estimate of drug-likeness (QED) is 0.487. The van der Waals surface area contributed by atoms with Crippen LogP contribution in [0.5, 0.6) is 0 Å². The van der Waals surface area contributed by atoms with Crippen LogP contribution in [0, 0.1) is 0 Å². The maximum atomic E-state index is 6.54. The predicted octanol–water partition coefficient (Wildman–Crippen LogP) is 6.78. The fraction of sp³-hybridized carbons (Fsp3) is 0.529. The van der Waals surface area contributed by atoms with Crippen molar-refractivity contribution < 1.29 is 0 Å². The van der Waals surface area contributed by atoms with Gasteiger partial charge in [-0.15, -0.1) is 0 Å². The molecule has 0 aromatic rings. The highest BCUT2D eigenvalue weighted by atomic mass is 35.5. The van der Waals surface area contributed by atoms with Crippen molar-refractivity contribution in [1.29, 1.82) is 0 Å². The molecule has 4 heteroatoms. The van der Waals surface area contributed by atoms with Crippen LogP contribution >= 0.6 is 23.2 Å². The van der Waals surface area contributed by atoms with Gasteiger partial charge < -0.3 is 0 Å². The largest absolute Gasteiger partial charge is 0.0885 e. The fourth-order valence-electron chi connectivity index (χ4n) is 3.25. The molecule has 0 aromatic heterocycles. The Hall–Kier alpha value is -0.0262. The number of halogens is 2. The summed E-state index contributed by atoms with van der Waals surface area (Å²) in [6.07, 6.45) is 7.46. The van der Waals surface area contributed by atoms with Crippen LogP contribution in [0.15, 0.2) is 43.8 Å². The Morgan fingerprint density at radius 3 is 1.38 bits per heavy atom. The Morgan fingerprint density at radius 2 is 1.10 bits per heavy atom. The van der Waals surface area contributed by atoms with E-state index in [4.69, 9.17) is 23.2 Å². The molecule has 21 heavy (non-hydrogen) atoms. The van der Waals surface area contributed by atoms with Crippen molar-refractivity contribution in [3.05, 3.63) is 43.8 Å². The highest BCUT2D eigenvalue weighted by molar-refractivity contribution is 6.85. The minimum atomic E-state index is -1.35. The molecule has 0 atom stereocenters. The molecule has 0 saturated heterocycles. The number of hydrogen-bond donors (Lipinski definition) is 0. The van der Waals surface area contributed by atoms with Gasteiger partial charge in [0.25, 0.3) is 0 Å². The van der Waals surface area contributed by atoms with Gasteiger partial charge in [0.15, 0.2) is 0 Å². The van der Waals surface area contributed by atoms with Crippen LogP contribution in [0.3, 0.4) is 0 Å². The van der Waals surface area contributed by atoms with Gasteiger partial charge in [0.2, 0.25) is 0 Å². The maximum Gasteiger partial charge on any atom is 0.0776 e. The lowest BCUT2D eigenvalue weighted by atomic mass is 10.1.